The van der Waals surface area contributed by atoms with Crippen molar-refractivity contribution in [3.8, 4) is 0 Å². The van der Waals surface area contributed by atoms with E-state index in [2.05, 4.69) is 35.6 Å². The van der Waals surface area contributed by atoms with E-state index in [4.69, 9.17) is 0 Å². The number of hydrogen-bond acceptors (Lipinski definition) is 4. The van der Waals surface area contributed by atoms with Gasteiger partial charge in [0, 0.05) is 18.5 Å². The third kappa shape index (κ3) is 3.06. The second-order valence-electron chi connectivity index (χ2n) is 5.60. The minimum atomic E-state index is -0.0131. The fourth-order valence-corrected chi connectivity index (χ4v) is 2.90. The van der Waals surface area contributed by atoms with E-state index in [1.54, 1.807) is 0 Å². The summed E-state index contributed by atoms with van der Waals surface area (Å²) in [6, 6.07) is 0.587. The van der Waals surface area contributed by atoms with Crippen molar-refractivity contribution in [3.63, 3.8) is 0 Å². The molecule has 1 saturated carbocycles. The van der Waals surface area contributed by atoms with E-state index >= 15 is 0 Å². The van der Waals surface area contributed by atoms with Gasteiger partial charge in [-0.15, -0.1) is 0 Å². The predicted octanol–water partition coefficient (Wildman–Crippen LogP) is 2.86. The van der Waals surface area contributed by atoms with E-state index in [0.29, 0.717) is 12.0 Å². The number of nitrogens with zero attached hydrogens (tertiary/aromatic N) is 3. The van der Waals surface area contributed by atoms with Crippen LogP contribution in [0.4, 0.5) is 5.69 Å². The Morgan fingerprint density at radius 1 is 1.37 bits per heavy atom. The van der Waals surface area contributed by atoms with Gasteiger partial charge in [-0.25, -0.2) is 9.97 Å². The van der Waals surface area contributed by atoms with E-state index < -0.39 is 0 Å². The number of hydrogen-bond donors (Lipinski definition) is 1. The third-order valence-electron chi connectivity index (χ3n) is 3.95. The summed E-state index contributed by atoms with van der Waals surface area (Å²) < 4.78 is 0. The lowest BCUT2D eigenvalue weighted by Crippen LogP contribution is -2.34. The zero-order chi connectivity index (χ0) is 13.8. The first-order valence-electron chi connectivity index (χ1n) is 7.40. The Hall–Kier alpha value is -1.16. The van der Waals surface area contributed by atoms with Gasteiger partial charge in [-0.1, -0.05) is 26.7 Å². The lowest BCUT2D eigenvalue weighted by molar-refractivity contribution is 0.276. The fourth-order valence-electron chi connectivity index (χ4n) is 2.90. The van der Waals surface area contributed by atoms with Gasteiger partial charge in [0.05, 0.1) is 24.2 Å². The Morgan fingerprint density at radius 2 is 2.05 bits per heavy atom. The van der Waals surface area contributed by atoms with Crippen molar-refractivity contribution in [3.05, 3.63) is 17.7 Å². The summed E-state index contributed by atoms with van der Waals surface area (Å²) in [5.41, 5.74) is 1.79. The average molecular weight is 263 g/mol. The van der Waals surface area contributed by atoms with Crippen LogP contribution in [0.3, 0.4) is 0 Å². The van der Waals surface area contributed by atoms with E-state index in [1.165, 1.54) is 25.7 Å². The van der Waals surface area contributed by atoms with Crippen LogP contribution in [0, 0.1) is 0 Å². The summed E-state index contributed by atoms with van der Waals surface area (Å²) in [5, 5.41) is 9.59. The molecule has 0 bridgehead atoms. The fraction of sp³-hybridized carbons (Fsp3) is 0.733. The average Bonchev–Trinajstić information content (AvgIpc) is 2.93. The van der Waals surface area contributed by atoms with Crippen molar-refractivity contribution in [1.29, 1.82) is 0 Å². The smallest absolute Gasteiger partial charge is 0.131 e. The lowest BCUT2D eigenvalue weighted by atomic mass is 10.1. The molecule has 19 heavy (non-hydrogen) atoms. The van der Waals surface area contributed by atoms with Gasteiger partial charge in [0.2, 0.25) is 0 Å². The number of aliphatic hydroxyl groups is 1. The molecule has 1 N–H and O–H groups in total. The Bertz CT molecular complexity index is 414. The molecule has 1 aromatic rings. The van der Waals surface area contributed by atoms with Gasteiger partial charge in [0.15, 0.2) is 0 Å². The number of rotatable bonds is 5. The van der Waals surface area contributed by atoms with E-state index in [1.807, 2.05) is 6.20 Å². The third-order valence-corrected chi connectivity index (χ3v) is 3.95. The van der Waals surface area contributed by atoms with Gasteiger partial charge in [-0.05, 0) is 19.8 Å². The molecule has 1 heterocycles. The summed E-state index contributed by atoms with van der Waals surface area (Å²) in [6.45, 7) is 7.24. The molecular formula is C15H25N3O. The van der Waals surface area contributed by atoms with Crippen LogP contribution in [0.5, 0.6) is 0 Å². The standard InChI is InChI=1S/C15H25N3O/c1-4-18(12-7-5-6-8-12)14-9-16-15(11(2)3)17-13(14)10-19/h9,11-12,19H,4-8,10H2,1-3H3. The lowest BCUT2D eigenvalue weighted by Gasteiger charge is -2.31. The Kier molecular flexibility index (Phi) is 4.75. The molecule has 0 spiro atoms. The molecule has 1 aliphatic carbocycles. The SMILES string of the molecule is CCN(c1cnc(C(C)C)nc1CO)C1CCCC1. The van der Waals surface area contributed by atoms with E-state index in [-0.39, 0.29) is 6.61 Å². The molecule has 1 aliphatic rings. The molecule has 0 aromatic carbocycles. The minimum Gasteiger partial charge on any atom is -0.390 e. The molecule has 2 rings (SSSR count). The maximum atomic E-state index is 9.59. The van der Waals surface area contributed by atoms with Gasteiger partial charge in [0.1, 0.15) is 5.82 Å². The van der Waals surface area contributed by atoms with Crippen molar-refractivity contribution >= 4 is 5.69 Å². The largest absolute Gasteiger partial charge is 0.390 e. The van der Waals surface area contributed by atoms with Crippen LogP contribution in [0.15, 0.2) is 6.20 Å². The molecule has 0 aliphatic heterocycles. The second-order valence-corrected chi connectivity index (χ2v) is 5.60. The Labute approximate surface area is 115 Å². The van der Waals surface area contributed by atoms with Crippen LogP contribution in [0.25, 0.3) is 0 Å². The molecular weight excluding hydrogens is 238 g/mol. The summed E-state index contributed by atoms with van der Waals surface area (Å²) >= 11 is 0. The van der Waals surface area contributed by atoms with Crippen LogP contribution < -0.4 is 4.90 Å². The van der Waals surface area contributed by atoms with Gasteiger partial charge >= 0.3 is 0 Å². The van der Waals surface area contributed by atoms with Crippen molar-refractivity contribution in [2.45, 2.75) is 65.0 Å². The first kappa shape index (κ1) is 14.3. The summed E-state index contributed by atoms with van der Waals surface area (Å²) in [7, 11) is 0. The monoisotopic (exact) mass is 263 g/mol. The molecule has 0 radical (unpaired) electrons. The first-order chi connectivity index (χ1) is 9.17. The topological polar surface area (TPSA) is 49.2 Å². The van der Waals surface area contributed by atoms with Gasteiger partial charge in [-0.2, -0.15) is 0 Å². The molecule has 4 heteroatoms. The normalized spacial score (nSPS) is 16.3. The molecule has 4 nitrogen and oxygen atoms in total. The van der Waals surface area contributed by atoms with Crippen molar-refractivity contribution in [2.75, 3.05) is 11.4 Å². The summed E-state index contributed by atoms with van der Waals surface area (Å²) in [4.78, 5) is 11.4. The van der Waals surface area contributed by atoms with Gasteiger partial charge in [-0.3, -0.25) is 0 Å². The highest BCUT2D eigenvalue weighted by Gasteiger charge is 2.24. The maximum absolute atomic E-state index is 9.59. The molecule has 106 valence electrons. The van der Waals surface area contributed by atoms with Crippen LogP contribution in [-0.2, 0) is 6.61 Å². The molecule has 0 unspecified atom stereocenters. The van der Waals surface area contributed by atoms with Gasteiger partial charge < -0.3 is 10.0 Å². The molecule has 0 saturated heterocycles. The van der Waals surface area contributed by atoms with Crippen LogP contribution >= 0.6 is 0 Å². The highest BCUT2D eigenvalue weighted by Crippen LogP contribution is 2.29. The number of aliphatic hydroxyl groups excluding tert-OH is 1. The summed E-state index contributed by atoms with van der Waals surface area (Å²) in [6.07, 6.45) is 6.99. The number of anilines is 1. The van der Waals surface area contributed by atoms with Gasteiger partial charge in [0.25, 0.3) is 0 Å². The van der Waals surface area contributed by atoms with Crippen molar-refractivity contribution < 1.29 is 5.11 Å². The molecule has 1 fully saturated rings. The predicted molar refractivity (Wildman–Crippen MR) is 77.3 cm³/mol. The highest BCUT2D eigenvalue weighted by molar-refractivity contribution is 5.50. The maximum Gasteiger partial charge on any atom is 0.131 e. The highest BCUT2D eigenvalue weighted by atomic mass is 16.3. The Morgan fingerprint density at radius 3 is 2.58 bits per heavy atom. The zero-order valence-corrected chi connectivity index (χ0v) is 12.3. The van der Waals surface area contributed by atoms with Crippen LogP contribution in [0.2, 0.25) is 0 Å². The summed E-state index contributed by atoms with van der Waals surface area (Å²) in [5.74, 6) is 1.11. The van der Waals surface area contributed by atoms with Crippen LogP contribution in [-0.4, -0.2) is 27.7 Å². The zero-order valence-electron chi connectivity index (χ0n) is 12.3. The quantitative estimate of drug-likeness (QED) is 0.887. The number of aromatic nitrogens is 2. The van der Waals surface area contributed by atoms with Crippen molar-refractivity contribution in [2.24, 2.45) is 0 Å². The van der Waals surface area contributed by atoms with E-state index in [0.717, 1.165) is 23.8 Å². The second kappa shape index (κ2) is 6.33. The minimum absolute atomic E-state index is 0.0131. The molecule has 1 aromatic heterocycles. The first-order valence-corrected chi connectivity index (χ1v) is 7.40. The molecule has 0 amide bonds. The molecule has 0 atom stereocenters. The van der Waals surface area contributed by atoms with Crippen LogP contribution in [0.1, 0.15) is 63.9 Å². The van der Waals surface area contributed by atoms with E-state index in [9.17, 15) is 5.11 Å². The van der Waals surface area contributed by atoms with Crippen molar-refractivity contribution in [1.82, 2.24) is 9.97 Å². The Balaban J connectivity index is 2.30.